The van der Waals surface area contributed by atoms with Gasteiger partial charge >= 0.3 is 5.97 Å². The number of carboxylic acid groups (broad SMARTS) is 1. The summed E-state index contributed by atoms with van der Waals surface area (Å²) in [6.45, 7) is 2.28. The van der Waals surface area contributed by atoms with Crippen LogP contribution < -0.4 is 0 Å². The van der Waals surface area contributed by atoms with Crippen LogP contribution in [0.4, 0.5) is 4.39 Å². The van der Waals surface area contributed by atoms with Crippen LogP contribution in [0.1, 0.15) is 28.8 Å². The Morgan fingerprint density at radius 3 is 3.00 bits per heavy atom. The lowest BCUT2D eigenvalue weighted by Gasteiger charge is -2.31. The number of halogens is 1. The van der Waals surface area contributed by atoms with Crippen LogP contribution in [0.2, 0.25) is 0 Å². The number of hydrogen-bond acceptors (Lipinski definition) is 3. The molecular weight excluding hydrogens is 249 g/mol. The van der Waals surface area contributed by atoms with E-state index in [4.69, 9.17) is 9.84 Å². The van der Waals surface area contributed by atoms with E-state index < -0.39 is 11.8 Å². The quantitative estimate of drug-likeness (QED) is 0.908. The smallest absolute Gasteiger partial charge is 0.335 e. The molecule has 5 heteroatoms. The maximum absolute atomic E-state index is 13.4. The lowest BCUT2D eigenvalue weighted by atomic mass is 10.1. The predicted octanol–water partition coefficient (Wildman–Crippen LogP) is 2.13. The normalized spacial score (nSPS) is 20.4. The molecule has 1 atom stereocenters. The van der Waals surface area contributed by atoms with Gasteiger partial charge in [0.2, 0.25) is 0 Å². The second kappa shape index (κ2) is 6.12. The highest BCUT2D eigenvalue weighted by Gasteiger charge is 2.20. The van der Waals surface area contributed by atoms with Crippen molar-refractivity contribution >= 4 is 5.97 Å². The van der Waals surface area contributed by atoms with Crippen molar-refractivity contribution in [3.05, 3.63) is 35.1 Å². The van der Waals surface area contributed by atoms with Crippen LogP contribution in [0.15, 0.2) is 18.2 Å². The molecular formula is C14H18FNO3. The molecule has 0 spiro atoms. The second-order valence-electron chi connectivity index (χ2n) is 4.89. The van der Waals surface area contributed by atoms with Gasteiger partial charge in [0.25, 0.3) is 0 Å². The minimum absolute atomic E-state index is 0.00435. The SMILES string of the molecule is COC1CCCN(Cc2cc(F)cc(C(=O)O)c2)C1. The van der Waals surface area contributed by atoms with E-state index >= 15 is 0 Å². The second-order valence-corrected chi connectivity index (χ2v) is 4.89. The standard InChI is InChI=1S/C14H18FNO3/c1-19-13-3-2-4-16(9-13)8-10-5-11(14(17)18)7-12(15)6-10/h5-7,13H,2-4,8-9H2,1H3,(H,17,18). The minimum Gasteiger partial charge on any atom is -0.478 e. The van der Waals surface area contributed by atoms with Crippen molar-refractivity contribution in [1.82, 2.24) is 4.90 Å². The Kier molecular flexibility index (Phi) is 4.50. The number of piperidine rings is 1. The first-order chi connectivity index (χ1) is 9.08. The highest BCUT2D eigenvalue weighted by molar-refractivity contribution is 5.87. The maximum atomic E-state index is 13.4. The molecule has 1 aliphatic rings. The number of aromatic carboxylic acids is 1. The molecule has 0 saturated carbocycles. The van der Waals surface area contributed by atoms with Gasteiger partial charge in [-0.1, -0.05) is 0 Å². The van der Waals surface area contributed by atoms with Crippen molar-refractivity contribution in [2.45, 2.75) is 25.5 Å². The molecule has 1 saturated heterocycles. The third-order valence-electron chi connectivity index (χ3n) is 3.41. The Morgan fingerprint density at radius 1 is 1.53 bits per heavy atom. The van der Waals surface area contributed by atoms with E-state index in [0.29, 0.717) is 12.1 Å². The Morgan fingerprint density at radius 2 is 2.32 bits per heavy atom. The predicted molar refractivity (Wildman–Crippen MR) is 68.7 cm³/mol. The molecule has 0 aliphatic carbocycles. The van der Waals surface area contributed by atoms with E-state index in [1.165, 1.54) is 12.1 Å². The molecule has 1 fully saturated rings. The highest BCUT2D eigenvalue weighted by atomic mass is 19.1. The molecule has 1 N–H and O–H groups in total. The van der Waals surface area contributed by atoms with E-state index in [1.807, 2.05) is 0 Å². The number of ether oxygens (including phenoxy) is 1. The summed E-state index contributed by atoms with van der Waals surface area (Å²) in [6, 6.07) is 3.96. The molecule has 19 heavy (non-hydrogen) atoms. The zero-order chi connectivity index (χ0) is 13.8. The monoisotopic (exact) mass is 267 g/mol. The van der Waals surface area contributed by atoms with Crippen molar-refractivity contribution < 1.29 is 19.0 Å². The van der Waals surface area contributed by atoms with Gasteiger partial charge in [-0.2, -0.15) is 0 Å². The van der Waals surface area contributed by atoms with Crippen LogP contribution in [-0.4, -0.2) is 42.3 Å². The lowest BCUT2D eigenvalue weighted by Crippen LogP contribution is -2.38. The molecule has 0 bridgehead atoms. The number of carbonyl (C=O) groups is 1. The van der Waals surface area contributed by atoms with Crippen LogP contribution in [-0.2, 0) is 11.3 Å². The molecule has 1 aromatic carbocycles. The van der Waals surface area contributed by atoms with Crippen LogP contribution in [0.25, 0.3) is 0 Å². The molecule has 1 aliphatic heterocycles. The van der Waals surface area contributed by atoms with Crippen molar-refractivity contribution in [3.8, 4) is 0 Å². The first-order valence-corrected chi connectivity index (χ1v) is 6.36. The van der Waals surface area contributed by atoms with Crippen molar-refractivity contribution in [2.24, 2.45) is 0 Å². The fourth-order valence-corrected chi connectivity index (χ4v) is 2.47. The summed E-state index contributed by atoms with van der Waals surface area (Å²) in [5.41, 5.74) is 0.685. The lowest BCUT2D eigenvalue weighted by molar-refractivity contribution is 0.0285. The number of likely N-dealkylation sites (tertiary alicyclic amines) is 1. The van der Waals surface area contributed by atoms with Gasteiger partial charge in [-0.05, 0) is 43.1 Å². The highest BCUT2D eigenvalue weighted by Crippen LogP contribution is 2.17. The molecule has 2 rings (SSSR count). The van der Waals surface area contributed by atoms with Gasteiger partial charge in [-0.3, -0.25) is 4.90 Å². The van der Waals surface area contributed by atoms with Gasteiger partial charge in [0.15, 0.2) is 0 Å². The number of rotatable bonds is 4. The van der Waals surface area contributed by atoms with Gasteiger partial charge in [-0.15, -0.1) is 0 Å². The van der Waals surface area contributed by atoms with Crippen molar-refractivity contribution in [3.63, 3.8) is 0 Å². The van der Waals surface area contributed by atoms with Gasteiger partial charge in [0.1, 0.15) is 5.82 Å². The van der Waals surface area contributed by atoms with E-state index in [1.54, 1.807) is 7.11 Å². The van der Waals surface area contributed by atoms with E-state index in [2.05, 4.69) is 4.90 Å². The van der Waals surface area contributed by atoms with Gasteiger partial charge in [0, 0.05) is 20.2 Å². The average molecular weight is 267 g/mol. The number of methoxy groups -OCH3 is 1. The molecule has 0 radical (unpaired) electrons. The van der Waals surface area contributed by atoms with Gasteiger partial charge < -0.3 is 9.84 Å². The Bertz CT molecular complexity index is 464. The fraction of sp³-hybridized carbons (Fsp3) is 0.500. The van der Waals surface area contributed by atoms with Crippen LogP contribution in [0.5, 0.6) is 0 Å². The minimum atomic E-state index is -1.10. The molecule has 1 aromatic rings. The average Bonchev–Trinajstić information content (AvgIpc) is 2.38. The van der Waals surface area contributed by atoms with Crippen molar-refractivity contribution in [1.29, 1.82) is 0 Å². The third-order valence-corrected chi connectivity index (χ3v) is 3.41. The molecule has 1 heterocycles. The van der Waals surface area contributed by atoms with Gasteiger partial charge in [0.05, 0.1) is 11.7 Å². The van der Waals surface area contributed by atoms with Crippen LogP contribution in [0.3, 0.4) is 0 Å². The topological polar surface area (TPSA) is 49.8 Å². The number of hydrogen-bond donors (Lipinski definition) is 1. The molecule has 0 amide bonds. The summed E-state index contributed by atoms with van der Waals surface area (Å²) >= 11 is 0. The Balaban J connectivity index is 2.08. The molecule has 4 nitrogen and oxygen atoms in total. The zero-order valence-corrected chi connectivity index (χ0v) is 10.9. The zero-order valence-electron chi connectivity index (χ0n) is 10.9. The van der Waals surface area contributed by atoms with E-state index in [9.17, 15) is 9.18 Å². The Hall–Kier alpha value is -1.46. The largest absolute Gasteiger partial charge is 0.478 e. The summed E-state index contributed by atoms with van der Waals surface area (Å²) < 4.78 is 18.7. The maximum Gasteiger partial charge on any atom is 0.335 e. The van der Waals surface area contributed by atoms with Crippen LogP contribution >= 0.6 is 0 Å². The summed E-state index contributed by atoms with van der Waals surface area (Å²) in [7, 11) is 1.69. The van der Waals surface area contributed by atoms with Crippen molar-refractivity contribution in [2.75, 3.05) is 20.2 Å². The summed E-state index contributed by atoms with van der Waals surface area (Å²) in [5.74, 6) is -1.61. The first-order valence-electron chi connectivity index (χ1n) is 6.36. The molecule has 0 aromatic heterocycles. The van der Waals surface area contributed by atoms with E-state index in [-0.39, 0.29) is 11.7 Å². The van der Waals surface area contributed by atoms with Gasteiger partial charge in [-0.25, -0.2) is 9.18 Å². The molecule has 104 valence electrons. The summed E-state index contributed by atoms with van der Waals surface area (Å²) in [6.07, 6.45) is 2.29. The number of nitrogens with zero attached hydrogens (tertiary/aromatic N) is 1. The van der Waals surface area contributed by atoms with E-state index in [0.717, 1.165) is 32.0 Å². The van der Waals surface area contributed by atoms with Crippen LogP contribution in [0, 0.1) is 5.82 Å². The first kappa shape index (κ1) is 14.0. The number of benzene rings is 1. The third kappa shape index (κ3) is 3.75. The fourth-order valence-electron chi connectivity index (χ4n) is 2.47. The number of carboxylic acids is 1. The summed E-state index contributed by atoms with van der Waals surface area (Å²) in [4.78, 5) is 13.1. The summed E-state index contributed by atoms with van der Waals surface area (Å²) in [5, 5.41) is 8.92. The Labute approximate surface area is 111 Å². The molecule has 1 unspecified atom stereocenters.